The SMILES string of the molecule is C=C.N[C@@H](CS(=O)(=O)O)C(=O)O.N[C@@H](CS(=O)(=O)O)C(=O)O.[Na]. The molecule has 0 rings (SSSR count). The van der Waals surface area contributed by atoms with Crippen molar-refractivity contribution in [2.45, 2.75) is 12.1 Å². The molecule has 0 fully saturated rings. The Balaban J connectivity index is -0.000000136. The molecule has 133 valence electrons. The van der Waals surface area contributed by atoms with E-state index in [4.69, 9.17) is 30.8 Å². The molecule has 0 aromatic carbocycles. The van der Waals surface area contributed by atoms with E-state index in [0.717, 1.165) is 0 Å². The fraction of sp³-hybridized carbons (Fsp3) is 0.500. The maximum absolute atomic E-state index is 9.96. The predicted octanol–water partition coefficient (Wildman–Crippen LogP) is -3.01. The van der Waals surface area contributed by atoms with Crippen molar-refractivity contribution in [1.82, 2.24) is 0 Å². The van der Waals surface area contributed by atoms with Crippen LogP contribution in [0.5, 0.6) is 0 Å². The van der Waals surface area contributed by atoms with Gasteiger partial charge < -0.3 is 21.7 Å². The molecule has 0 saturated heterocycles. The summed E-state index contributed by atoms with van der Waals surface area (Å²) in [4.78, 5) is 19.8. The van der Waals surface area contributed by atoms with Gasteiger partial charge in [-0.05, 0) is 0 Å². The summed E-state index contributed by atoms with van der Waals surface area (Å²) in [5.41, 5.74) is 9.53. The minimum atomic E-state index is -4.27. The quantitative estimate of drug-likeness (QED) is 0.151. The van der Waals surface area contributed by atoms with E-state index in [9.17, 15) is 26.4 Å². The minimum absolute atomic E-state index is 0. The van der Waals surface area contributed by atoms with E-state index in [1.165, 1.54) is 0 Å². The second-order valence-corrected chi connectivity index (χ2v) is 6.38. The molecule has 8 N–H and O–H groups in total. The summed E-state index contributed by atoms with van der Waals surface area (Å²) in [5.74, 6) is -4.83. The third-order valence-corrected chi connectivity index (χ3v) is 2.98. The molecule has 1 radical (unpaired) electrons. The predicted molar refractivity (Wildman–Crippen MR) is 81.1 cm³/mol. The number of hydrogen-bond donors (Lipinski definition) is 6. The van der Waals surface area contributed by atoms with E-state index >= 15 is 0 Å². The van der Waals surface area contributed by atoms with Gasteiger partial charge in [-0.25, -0.2) is 0 Å². The molecule has 15 heteroatoms. The van der Waals surface area contributed by atoms with Gasteiger partial charge in [0.2, 0.25) is 0 Å². The minimum Gasteiger partial charge on any atom is -0.480 e. The summed E-state index contributed by atoms with van der Waals surface area (Å²) < 4.78 is 56.0. The fourth-order valence-corrected chi connectivity index (χ4v) is 1.79. The molecule has 12 nitrogen and oxygen atoms in total. The van der Waals surface area contributed by atoms with Gasteiger partial charge in [0.05, 0.1) is 0 Å². The standard InChI is InChI=1S/2C3H7NO5S.C2H4.Na/c2*4-2(3(5)6)1-10(7,8)9;1-2;/h2*2H,1,4H2,(H,5,6)(H,7,8,9);1-2H2;/t2*2-;;/m00../s1. The Morgan fingerprint density at radius 2 is 1.00 bits per heavy atom. The van der Waals surface area contributed by atoms with Crippen molar-refractivity contribution >= 4 is 61.7 Å². The average Bonchev–Trinajstić information content (AvgIpc) is 2.27. The molecular formula is C8H18N2NaO10S2. The van der Waals surface area contributed by atoms with Crippen molar-refractivity contribution < 1.29 is 45.7 Å². The van der Waals surface area contributed by atoms with Gasteiger partial charge >= 0.3 is 11.9 Å². The number of carboxylic acids is 2. The molecule has 0 spiro atoms. The maximum atomic E-state index is 9.96. The van der Waals surface area contributed by atoms with Crippen LogP contribution in [0.2, 0.25) is 0 Å². The second kappa shape index (κ2) is 13.8. The van der Waals surface area contributed by atoms with Gasteiger partial charge in [-0.3, -0.25) is 18.7 Å². The van der Waals surface area contributed by atoms with Crippen molar-refractivity contribution in [3.63, 3.8) is 0 Å². The number of nitrogens with two attached hydrogens (primary N) is 2. The van der Waals surface area contributed by atoms with E-state index in [1.807, 2.05) is 0 Å². The zero-order valence-corrected chi connectivity index (χ0v) is 15.8. The van der Waals surface area contributed by atoms with Crippen molar-refractivity contribution in [3.05, 3.63) is 13.2 Å². The van der Waals surface area contributed by atoms with E-state index < -0.39 is 55.8 Å². The van der Waals surface area contributed by atoms with Crippen LogP contribution in [0.4, 0.5) is 0 Å². The maximum Gasteiger partial charge on any atom is 0.321 e. The van der Waals surface area contributed by atoms with Crippen LogP contribution < -0.4 is 11.5 Å². The van der Waals surface area contributed by atoms with Crippen LogP contribution in [0.25, 0.3) is 0 Å². The first-order chi connectivity index (χ1) is 9.65. The van der Waals surface area contributed by atoms with Crippen molar-refractivity contribution in [1.29, 1.82) is 0 Å². The number of rotatable bonds is 6. The first-order valence-corrected chi connectivity index (χ1v) is 8.24. The molecule has 0 unspecified atom stereocenters. The topological polar surface area (TPSA) is 235 Å². The van der Waals surface area contributed by atoms with Crippen LogP contribution in [0, 0.1) is 0 Å². The molecule has 0 heterocycles. The summed E-state index contributed by atoms with van der Waals surface area (Å²) in [6.07, 6.45) is 0. The van der Waals surface area contributed by atoms with E-state index in [1.54, 1.807) is 0 Å². The van der Waals surface area contributed by atoms with Gasteiger partial charge in [-0.2, -0.15) is 16.8 Å². The van der Waals surface area contributed by atoms with Gasteiger partial charge in [0.15, 0.2) is 0 Å². The van der Waals surface area contributed by atoms with E-state index in [-0.39, 0.29) is 29.6 Å². The molecule has 23 heavy (non-hydrogen) atoms. The third kappa shape index (κ3) is 26.6. The molecular weight excluding hydrogens is 371 g/mol. The van der Waals surface area contributed by atoms with Crippen LogP contribution in [-0.2, 0) is 29.8 Å². The first kappa shape index (κ1) is 30.3. The van der Waals surface area contributed by atoms with Crippen LogP contribution in [0.1, 0.15) is 0 Å². The molecule has 0 amide bonds. The van der Waals surface area contributed by atoms with Crippen LogP contribution in [0.3, 0.4) is 0 Å². The fourth-order valence-electron chi connectivity index (χ4n) is 0.596. The molecule has 0 saturated carbocycles. The first-order valence-electron chi connectivity index (χ1n) is 5.03. The summed E-state index contributed by atoms with van der Waals surface area (Å²) in [6.45, 7) is 6.00. The average molecular weight is 389 g/mol. The van der Waals surface area contributed by atoms with Crippen molar-refractivity contribution in [3.8, 4) is 0 Å². The van der Waals surface area contributed by atoms with Crippen LogP contribution in [0.15, 0.2) is 13.2 Å². The van der Waals surface area contributed by atoms with E-state index in [2.05, 4.69) is 13.2 Å². The summed E-state index contributed by atoms with van der Waals surface area (Å²) >= 11 is 0. The van der Waals surface area contributed by atoms with Crippen molar-refractivity contribution in [2.75, 3.05) is 11.5 Å². The molecule has 0 aromatic heterocycles. The number of aliphatic carboxylic acids is 2. The molecule has 2 atom stereocenters. The normalized spacial score (nSPS) is 12.9. The number of carboxylic acid groups (broad SMARTS) is 2. The zero-order chi connectivity index (χ0) is 18.7. The Labute approximate surface area is 155 Å². The molecule has 0 aliphatic heterocycles. The largest absolute Gasteiger partial charge is 0.480 e. The Hall–Kier alpha value is -0.580. The molecule has 0 aliphatic carbocycles. The third-order valence-electron chi connectivity index (χ3n) is 1.41. The van der Waals surface area contributed by atoms with Crippen molar-refractivity contribution in [2.24, 2.45) is 11.5 Å². The Kier molecular flexibility index (Phi) is 18.2. The summed E-state index contributed by atoms with van der Waals surface area (Å²) in [7, 11) is -8.55. The summed E-state index contributed by atoms with van der Waals surface area (Å²) in [5, 5.41) is 16.1. The Morgan fingerprint density at radius 3 is 1.04 bits per heavy atom. The van der Waals surface area contributed by atoms with Gasteiger partial charge in [-0.15, -0.1) is 13.2 Å². The monoisotopic (exact) mass is 389 g/mol. The van der Waals surface area contributed by atoms with Crippen LogP contribution in [-0.4, -0.2) is 101 Å². The summed E-state index contributed by atoms with van der Waals surface area (Å²) in [6, 6.07) is -3.12. The number of hydrogen-bond acceptors (Lipinski definition) is 8. The Morgan fingerprint density at radius 1 is 0.826 bits per heavy atom. The molecule has 0 bridgehead atoms. The van der Waals surface area contributed by atoms with E-state index in [0.29, 0.717) is 0 Å². The number of carbonyl (C=O) groups is 2. The van der Waals surface area contributed by atoms with Gasteiger partial charge in [0.1, 0.15) is 23.6 Å². The molecule has 0 aliphatic rings. The van der Waals surface area contributed by atoms with Gasteiger partial charge in [-0.1, -0.05) is 0 Å². The second-order valence-electron chi connectivity index (χ2n) is 3.39. The van der Waals surface area contributed by atoms with Gasteiger partial charge in [0, 0.05) is 29.6 Å². The van der Waals surface area contributed by atoms with Crippen LogP contribution >= 0.6 is 0 Å². The molecule has 0 aromatic rings. The van der Waals surface area contributed by atoms with Gasteiger partial charge in [0.25, 0.3) is 20.2 Å². The zero-order valence-electron chi connectivity index (χ0n) is 12.2. The smallest absolute Gasteiger partial charge is 0.321 e. The Bertz CT molecular complexity index is 511.